The van der Waals surface area contributed by atoms with E-state index in [1.54, 1.807) is 19.9 Å². The molecule has 0 bridgehead atoms. The van der Waals surface area contributed by atoms with Gasteiger partial charge in [-0.1, -0.05) is 35.0 Å². The molecule has 3 aromatic rings. The molecular weight excluding hydrogens is 667 g/mol. The van der Waals surface area contributed by atoms with E-state index in [1.807, 2.05) is 0 Å². The molecule has 8 nitrogen and oxygen atoms in total. The average molecular weight is 695 g/mol. The van der Waals surface area contributed by atoms with Gasteiger partial charge >= 0.3 is 12.1 Å². The predicted molar refractivity (Wildman–Crippen MR) is 167 cm³/mol. The zero-order valence-corrected chi connectivity index (χ0v) is 26.9. The number of alkyl halides is 3. The molecule has 0 saturated carbocycles. The number of hydrogen-bond acceptors (Lipinski definition) is 5. The number of amides is 2. The van der Waals surface area contributed by atoms with Crippen molar-refractivity contribution in [2.24, 2.45) is 5.41 Å². The Balaban J connectivity index is 1.69. The van der Waals surface area contributed by atoms with Crippen LogP contribution in [0.1, 0.15) is 61.2 Å². The number of hydrogen-bond donors (Lipinski definition) is 3. The van der Waals surface area contributed by atoms with Crippen LogP contribution in [0.2, 0.25) is 10.0 Å². The first-order chi connectivity index (χ1) is 21.7. The van der Waals surface area contributed by atoms with Crippen molar-refractivity contribution in [2.45, 2.75) is 45.8 Å². The van der Waals surface area contributed by atoms with E-state index >= 15 is 0 Å². The van der Waals surface area contributed by atoms with Gasteiger partial charge in [-0.3, -0.25) is 19.2 Å². The molecule has 0 atom stereocenters. The molecule has 0 aliphatic heterocycles. The van der Waals surface area contributed by atoms with E-state index in [4.69, 9.17) is 27.9 Å². The molecule has 0 unspecified atom stereocenters. The number of nitrogens with one attached hydrogen (secondary N) is 2. The molecule has 47 heavy (non-hydrogen) atoms. The third kappa shape index (κ3) is 10.5. The maximum atomic E-state index is 13.9. The lowest BCUT2D eigenvalue weighted by atomic mass is 9.89. The summed E-state index contributed by atoms with van der Waals surface area (Å²) in [6.45, 7) is 5.50. The first-order valence-electron chi connectivity index (χ1n) is 13.7. The van der Waals surface area contributed by atoms with Crippen LogP contribution in [0.4, 0.5) is 23.2 Å². The smallest absolute Gasteiger partial charge is 0.416 e. The van der Waals surface area contributed by atoms with Gasteiger partial charge in [0.15, 0.2) is 12.4 Å². The van der Waals surface area contributed by atoms with Crippen molar-refractivity contribution in [1.29, 1.82) is 0 Å². The second-order valence-corrected chi connectivity index (χ2v) is 12.4. The molecule has 14 heteroatoms. The summed E-state index contributed by atoms with van der Waals surface area (Å²) in [4.78, 5) is 49.4. The van der Waals surface area contributed by atoms with Crippen LogP contribution in [-0.2, 0) is 20.6 Å². The highest BCUT2D eigenvalue weighted by atomic mass is 35.5. The minimum Gasteiger partial charge on any atom is -0.483 e. The quantitative estimate of drug-likeness (QED) is 0.118. The fourth-order valence-electron chi connectivity index (χ4n) is 4.00. The highest BCUT2D eigenvalue weighted by molar-refractivity contribution is 6.34. The van der Waals surface area contributed by atoms with E-state index < -0.39 is 64.2 Å². The molecule has 0 heterocycles. The number of aliphatic carboxylic acids is 1. The molecule has 248 valence electrons. The second-order valence-electron chi connectivity index (χ2n) is 11.5. The third-order valence-electron chi connectivity index (χ3n) is 6.43. The van der Waals surface area contributed by atoms with Crippen LogP contribution in [0.25, 0.3) is 0 Å². The predicted octanol–water partition coefficient (Wildman–Crippen LogP) is 7.15. The Bertz CT molecular complexity index is 1800. The Kier molecular flexibility index (Phi) is 11.3. The van der Waals surface area contributed by atoms with E-state index in [0.717, 1.165) is 6.07 Å². The zero-order chi connectivity index (χ0) is 35.3. The van der Waals surface area contributed by atoms with Crippen molar-refractivity contribution >= 4 is 52.5 Å². The van der Waals surface area contributed by atoms with Crippen LogP contribution in [-0.4, -0.2) is 40.8 Å². The molecule has 0 aromatic heterocycles. The number of ketones is 1. The minimum absolute atomic E-state index is 0.0421. The van der Waals surface area contributed by atoms with Gasteiger partial charge in [-0.05, 0) is 82.3 Å². The average Bonchev–Trinajstić information content (AvgIpc) is 2.94. The van der Waals surface area contributed by atoms with Crippen molar-refractivity contribution in [3.05, 3.63) is 92.7 Å². The summed E-state index contributed by atoms with van der Waals surface area (Å²) < 4.78 is 58.9. The van der Waals surface area contributed by atoms with Crippen molar-refractivity contribution in [2.75, 3.05) is 11.9 Å². The molecule has 0 aliphatic rings. The van der Waals surface area contributed by atoms with E-state index in [-0.39, 0.29) is 39.5 Å². The number of carboxylic acid groups (broad SMARTS) is 1. The van der Waals surface area contributed by atoms with Crippen molar-refractivity contribution in [3.63, 3.8) is 0 Å². The molecule has 3 aromatic carbocycles. The fraction of sp³-hybridized carbons (Fsp3) is 0.273. The Morgan fingerprint density at radius 1 is 0.915 bits per heavy atom. The van der Waals surface area contributed by atoms with Gasteiger partial charge < -0.3 is 20.5 Å². The molecule has 2 amide bonds. The number of benzene rings is 3. The minimum atomic E-state index is -4.90. The highest BCUT2D eigenvalue weighted by Gasteiger charge is 2.33. The van der Waals surface area contributed by atoms with Crippen LogP contribution in [0.15, 0.2) is 54.6 Å². The van der Waals surface area contributed by atoms with E-state index in [2.05, 4.69) is 22.5 Å². The van der Waals surface area contributed by atoms with Crippen molar-refractivity contribution in [3.8, 4) is 17.6 Å². The standard InChI is InChI=1S/C33H28Cl2F4N2O6/c1-31(2,30(45)46)16-27(42)41-32(3,4)10-9-18-5-7-25(24(35)11-18)40-28(43)17-47-26-8-6-21(34)15-23(26)29(44)19-12-20(33(37,38)39)14-22(36)13-19/h5-8,11-15H,16-17H2,1-4H3,(H,40,43)(H,41,42)(H,45,46). The molecule has 0 saturated heterocycles. The summed E-state index contributed by atoms with van der Waals surface area (Å²) >= 11 is 12.3. The van der Waals surface area contributed by atoms with Crippen LogP contribution in [0.5, 0.6) is 5.75 Å². The lowest BCUT2D eigenvalue weighted by molar-refractivity contribution is -0.149. The summed E-state index contributed by atoms with van der Waals surface area (Å²) in [5.41, 5.74) is -3.90. The van der Waals surface area contributed by atoms with Crippen LogP contribution >= 0.6 is 23.2 Å². The number of halogens is 6. The molecular formula is C33H28Cl2F4N2O6. The Hall–Kier alpha value is -4.60. The van der Waals surface area contributed by atoms with Crippen molar-refractivity contribution in [1.82, 2.24) is 5.32 Å². The molecule has 3 N–H and O–H groups in total. The van der Waals surface area contributed by atoms with Gasteiger partial charge in [-0.2, -0.15) is 13.2 Å². The first kappa shape index (κ1) is 36.9. The lowest BCUT2D eigenvalue weighted by Gasteiger charge is -2.24. The SMILES string of the molecule is CC(C)(C#Cc1ccc(NC(=O)COc2ccc(Cl)cc2C(=O)c2cc(F)cc(C(F)(F)F)c2)c(Cl)c1)NC(=O)CC(C)(C)C(=O)O. The van der Waals surface area contributed by atoms with Crippen LogP contribution < -0.4 is 15.4 Å². The molecule has 0 aliphatic carbocycles. The number of anilines is 1. The number of carbonyl (C=O) groups excluding carboxylic acids is 3. The molecule has 0 spiro atoms. The van der Waals surface area contributed by atoms with Gasteiger partial charge in [0, 0.05) is 22.6 Å². The number of carbonyl (C=O) groups is 4. The largest absolute Gasteiger partial charge is 0.483 e. The van der Waals surface area contributed by atoms with E-state index in [1.165, 1.54) is 38.1 Å². The maximum Gasteiger partial charge on any atom is 0.416 e. The zero-order valence-electron chi connectivity index (χ0n) is 25.4. The number of ether oxygens (including phenoxy) is 1. The van der Waals surface area contributed by atoms with E-state index in [9.17, 15) is 41.8 Å². The van der Waals surface area contributed by atoms with Crippen LogP contribution in [0, 0.1) is 23.1 Å². The molecule has 0 radical (unpaired) electrons. The Morgan fingerprint density at radius 3 is 2.21 bits per heavy atom. The second kappa shape index (κ2) is 14.4. The highest BCUT2D eigenvalue weighted by Crippen LogP contribution is 2.32. The van der Waals surface area contributed by atoms with Crippen molar-refractivity contribution < 1.29 is 46.6 Å². The molecule has 3 rings (SSSR count). The van der Waals surface area contributed by atoms with Crippen LogP contribution in [0.3, 0.4) is 0 Å². The summed E-state index contributed by atoms with van der Waals surface area (Å²) in [5.74, 6) is 0.959. The summed E-state index contributed by atoms with van der Waals surface area (Å²) in [6, 6.07) is 9.56. The summed E-state index contributed by atoms with van der Waals surface area (Å²) in [5, 5.41) is 14.6. The van der Waals surface area contributed by atoms with Gasteiger partial charge in [-0.15, -0.1) is 0 Å². The monoisotopic (exact) mass is 694 g/mol. The number of rotatable bonds is 10. The summed E-state index contributed by atoms with van der Waals surface area (Å²) in [7, 11) is 0. The topological polar surface area (TPSA) is 122 Å². The fourth-order valence-corrected chi connectivity index (χ4v) is 4.40. The number of carboxylic acids is 1. The Labute approximate surface area is 277 Å². The lowest BCUT2D eigenvalue weighted by Crippen LogP contribution is -2.44. The first-order valence-corrected chi connectivity index (χ1v) is 14.4. The van der Waals surface area contributed by atoms with Gasteiger partial charge in [-0.25, -0.2) is 4.39 Å². The van der Waals surface area contributed by atoms with E-state index in [0.29, 0.717) is 17.7 Å². The van der Waals surface area contributed by atoms with Gasteiger partial charge in [0.05, 0.1) is 32.8 Å². The molecule has 0 fully saturated rings. The van der Waals surface area contributed by atoms with Gasteiger partial charge in [0.1, 0.15) is 11.6 Å². The maximum absolute atomic E-state index is 13.9. The van der Waals surface area contributed by atoms with Gasteiger partial charge in [0.2, 0.25) is 5.91 Å². The summed E-state index contributed by atoms with van der Waals surface area (Å²) in [6.07, 6.45) is -5.14. The Morgan fingerprint density at radius 2 is 1.60 bits per heavy atom. The normalized spacial score (nSPS) is 11.6. The third-order valence-corrected chi connectivity index (χ3v) is 6.98. The van der Waals surface area contributed by atoms with Gasteiger partial charge in [0.25, 0.3) is 5.91 Å².